The van der Waals surface area contributed by atoms with Crippen molar-refractivity contribution in [3.05, 3.63) is 0 Å². The Kier molecular flexibility index (Phi) is 5.08. The summed E-state index contributed by atoms with van der Waals surface area (Å²) in [5.74, 6) is 1.02. The third kappa shape index (κ3) is 3.26. The molecule has 2 aliphatic rings. The number of halogens is 1. The number of piperidine rings is 1. The zero-order chi connectivity index (χ0) is 13.2. The van der Waals surface area contributed by atoms with Gasteiger partial charge in [-0.2, -0.15) is 17.0 Å². The molecular formula is C12H23BrN2O2S. The molecule has 0 N–H and O–H groups in total. The zero-order valence-electron chi connectivity index (χ0n) is 11.0. The van der Waals surface area contributed by atoms with Gasteiger partial charge in [0.1, 0.15) is 0 Å². The highest BCUT2D eigenvalue weighted by molar-refractivity contribution is 9.09. The van der Waals surface area contributed by atoms with Crippen LogP contribution in [0.25, 0.3) is 0 Å². The smallest absolute Gasteiger partial charge is 0.195 e. The Bertz CT molecular complexity index is 374. The van der Waals surface area contributed by atoms with Crippen LogP contribution in [0.4, 0.5) is 0 Å². The summed E-state index contributed by atoms with van der Waals surface area (Å²) in [6.45, 7) is 4.94. The lowest BCUT2D eigenvalue weighted by Crippen LogP contribution is -2.46. The summed E-state index contributed by atoms with van der Waals surface area (Å²) in [6.07, 6.45) is 4.23. The third-order valence-electron chi connectivity index (χ3n) is 4.04. The Morgan fingerprint density at radius 1 is 1.17 bits per heavy atom. The van der Waals surface area contributed by atoms with Crippen LogP contribution in [-0.2, 0) is 10.2 Å². The van der Waals surface area contributed by atoms with Crippen LogP contribution in [0.15, 0.2) is 0 Å². The van der Waals surface area contributed by atoms with Gasteiger partial charge in [0, 0.05) is 31.5 Å². The standard InChI is InChI=1S/C12H23BrN2O2S/c1-11-3-2-7-14(9-11)18(16,17)15-8-5-12(10-15)4-6-13/h11-12H,2-10H2,1H3. The van der Waals surface area contributed by atoms with Crippen LogP contribution in [0.2, 0.25) is 0 Å². The van der Waals surface area contributed by atoms with Gasteiger partial charge in [0.2, 0.25) is 0 Å². The van der Waals surface area contributed by atoms with Crippen molar-refractivity contribution in [2.24, 2.45) is 11.8 Å². The molecule has 2 heterocycles. The summed E-state index contributed by atoms with van der Waals surface area (Å²) >= 11 is 3.44. The molecule has 0 aromatic carbocycles. The van der Waals surface area contributed by atoms with Crippen molar-refractivity contribution in [2.45, 2.75) is 32.6 Å². The second-order valence-electron chi connectivity index (χ2n) is 5.60. The van der Waals surface area contributed by atoms with Crippen LogP contribution in [0.5, 0.6) is 0 Å². The van der Waals surface area contributed by atoms with E-state index in [1.165, 1.54) is 0 Å². The van der Waals surface area contributed by atoms with Crippen molar-refractivity contribution in [2.75, 3.05) is 31.5 Å². The summed E-state index contributed by atoms with van der Waals surface area (Å²) in [5, 5.41) is 0.965. The molecule has 0 radical (unpaired) electrons. The molecule has 2 fully saturated rings. The predicted molar refractivity (Wildman–Crippen MR) is 77.0 cm³/mol. The summed E-state index contributed by atoms with van der Waals surface area (Å²) in [7, 11) is -3.19. The van der Waals surface area contributed by atoms with Gasteiger partial charge in [-0.25, -0.2) is 0 Å². The molecule has 0 amide bonds. The minimum Gasteiger partial charge on any atom is -0.195 e. The second kappa shape index (κ2) is 6.20. The highest BCUT2D eigenvalue weighted by Gasteiger charge is 2.36. The van der Waals surface area contributed by atoms with Crippen LogP contribution in [-0.4, -0.2) is 48.5 Å². The first-order chi connectivity index (χ1) is 8.54. The van der Waals surface area contributed by atoms with E-state index < -0.39 is 10.2 Å². The molecule has 0 spiro atoms. The van der Waals surface area contributed by atoms with Gasteiger partial charge < -0.3 is 0 Å². The molecule has 4 nitrogen and oxygen atoms in total. The van der Waals surface area contributed by atoms with E-state index in [1.807, 2.05) is 0 Å². The average molecular weight is 339 g/mol. The molecule has 0 saturated carbocycles. The molecule has 6 heteroatoms. The molecule has 2 atom stereocenters. The van der Waals surface area contributed by atoms with E-state index in [-0.39, 0.29) is 0 Å². The summed E-state index contributed by atoms with van der Waals surface area (Å²) < 4.78 is 28.4. The summed E-state index contributed by atoms with van der Waals surface area (Å²) in [4.78, 5) is 0. The third-order valence-corrected chi connectivity index (χ3v) is 6.46. The number of hydrogen-bond acceptors (Lipinski definition) is 2. The fourth-order valence-corrected chi connectivity index (χ4v) is 5.43. The maximum atomic E-state index is 12.5. The summed E-state index contributed by atoms with van der Waals surface area (Å²) in [5.41, 5.74) is 0. The van der Waals surface area contributed by atoms with Crippen molar-refractivity contribution in [3.8, 4) is 0 Å². The minimum atomic E-state index is -3.19. The van der Waals surface area contributed by atoms with Gasteiger partial charge in [-0.05, 0) is 37.5 Å². The molecule has 106 valence electrons. The lowest BCUT2D eigenvalue weighted by atomic mass is 10.0. The first-order valence-corrected chi connectivity index (χ1v) is 9.37. The van der Waals surface area contributed by atoms with Gasteiger partial charge in [-0.1, -0.05) is 22.9 Å². The van der Waals surface area contributed by atoms with Crippen LogP contribution < -0.4 is 0 Å². The van der Waals surface area contributed by atoms with Gasteiger partial charge in [0.15, 0.2) is 0 Å². The van der Waals surface area contributed by atoms with Crippen molar-refractivity contribution in [1.29, 1.82) is 0 Å². The zero-order valence-corrected chi connectivity index (χ0v) is 13.4. The molecule has 2 aliphatic heterocycles. The van der Waals surface area contributed by atoms with Crippen LogP contribution in [0.3, 0.4) is 0 Å². The van der Waals surface area contributed by atoms with Crippen LogP contribution in [0, 0.1) is 11.8 Å². The normalized spacial score (nSPS) is 31.9. The van der Waals surface area contributed by atoms with Crippen molar-refractivity contribution in [1.82, 2.24) is 8.61 Å². The lowest BCUT2D eigenvalue weighted by Gasteiger charge is -2.33. The van der Waals surface area contributed by atoms with E-state index in [2.05, 4.69) is 22.9 Å². The number of hydrogen-bond donors (Lipinski definition) is 0. The van der Waals surface area contributed by atoms with Crippen LogP contribution in [0.1, 0.15) is 32.6 Å². The number of nitrogens with zero attached hydrogens (tertiary/aromatic N) is 2. The van der Waals surface area contributed by atoms with Gasteiger partial charge in [0.05, 0.1) is 0 Å². The van der Waals surface area contributed by atoms with E-state index in [0.29, 0.717) is 38.0 Å². The monoisotopic (exact) mass is 338 g/mol. The first-order valence-electron chi connectivity index (χ1n) is 6.85. The van der Waals surface area contributed by atoms with E-state index in [9.17, 15) is 8.42 Å². The quantitative estimate of drug-likeness (QED) is 0.736. The predicted octanol–water partition coefficient (Wildman–Crippen LogP) is 2.07. The van der Waals surface area contributed by atoms with E-state index in [1.54, 1.807) is 8.61 Å². The SMILES string of the molecule is CC1CCCN(S(=O)(=O)N2CCC(CCBr)C2)C1. The second-order valence-corrected chi connectivity index (χ2v) is 8.33. The Morgan fingerprint density at radius 2 is 1.89 bits per heavy atom. The van der Waals surface area contributed by atoms with E-state index >= 15 is 0 Å². The van der Waals surface area contributed by atoms with Crippen LogP contribution >= 0.6 is 15.9 Å². The molecule has 0 bridgehead atoms. The largest absolute Gasteiger partial charge is 0.281 e. The van der Waals surface area contributed by atoms with Crippen molar-refractivity contribution in [3.63, 3.8) is 0 Å². The highest BCUT2D eigenvalue weighted by atomic mass is 79.9. The van der Waals surface area contributed by atoms with Crippen molar-refractivity contribution < 1.29 is 8.42 Å². The van der Waals surface area contributed by atoms with Gasteiger partial charge >= 0.3 is 0 Å². The molecule has 0 aromatic heterocycles. The Morgan fingerprint density at radius 3 is 2.56 bits per heavy atom. The van der Waals surface area contributed by atoms with E-state index in [0.717, 1.165) is 31.0 Å². The molecular weight excluding hydrogens is 316 g/mol. The Hall–Kier alpha value is 0.350. The first kappa shape index (κ1) is 14.8. The average Bonchev–Trinajstić information content (AvgIpc) is 2.79. The number of alkyl halides is 1. The van der Waals surface area contributed by atoms with E-state index in [4.69, 9.17) is 0 Å². The topological polar surface area (TPSA) is 40.6 Å². The van der Waals surface area contributed by atoms with Gasteiger partial charge in [0.25, 0.3) is 10.2 Å². The Balaban J connectivity index is 1.98. The molecule has 18 heavy (non-hydrogen) atoms. The van der Waals surface area contributed by atoms with Crippen molar-refractivity contribution >= 4 is 26.1 Å². The number of rotatable bonds is 4. The molecule has 0 aliphatic carbocycles. The fourth-order valence-electron chi connectivity index (χ4n) is 2.92. The lowest BCUT2D eigenvalue weighted by molar-refractivity contribution is 0.263. The molecule has 2 unspecified atom stereocenters. The minimum absolute atomic E-state index is 0.495. The molecule has 0 aromatic rings. The maximum Gasteiger partial charge on any atom is 0.281 e. The fraction of sp³-hybridized carbons (Fsp3) is 1.00. The maximum absolute atomic E-state index is 12.5. The Labute approximate surface area is 119 Å². The molecule has 2 saturated heterocycles. The van der Waals surface area contributed by atoms with Gasteiger partial charge in [-0.3, -0.25) is 0 Å². The highest BCUT2D eigenvalue weighted by Crippen LogP contribution is 2.27. The molecule has 2 rings (SSSR count). The van der Waals surface area contributed by atoms with Gasteiger partial charge in [-0.15, -0.1) is 0 Å². The summed E-state index contributed by atoms with van der Waals surface area (Å²) in [6, 6.07) is 0.